The van der Waals surface area contributed by atoms with Crippen LogP contribution in [0.2, 0.25) is 0 Å². The van der Waals surface area contributed by atoms with E-state index in [4.69, 9.17) is 5.73 Å². The van der Waals surface area contributed by atoms with Gasteiger partial charge in [-0.3, -0.25) is 4.79 Å². The molecule has 0 aliphatic carbocycles. The van der Waals surface area contributed by atoms with Crippen molar-refractivity contribution in [1.29, 1.82) is 0 Å². The van der Waals surface area contributed by atoms with E-state index in [2.05, 4.69) is 0 Å². The van der Waals surface area contributed by atoms with E-state index in [0.29, 0.717) is 11.8 Å². The highest BCUT2D eigenvalue weighted by Crippen LogP contribution is 2.26. The van der Waals surface area contributed by atoms with Gasteiger partial charge in [0, 0.05) is 24.3 Å². The van der Waals surface area contributed by atoms with E-state index in [1.54, 1.807) is 0 Å². The van der Waals surface area contributed by atoms with Gasteiger partial charge in [-0.2, -0.15) is 0 Å². The standard InChI is InChI=1S/C12H15F2NO3S/c1-6(16)19-3-2-11(17)12(18)7-4-10(15)9(14)5-8(7)13/h4-5,11-12,17-18H,2-3,15H2,1H3. The van der Waals surface area contributed by atoms with E-state index >= 15 is 0 Å². The first-order valence-corrected chi connectivity index (χ1v) is 6.55. The smallest absolute Gasteiger partial charge is 0.185 e. The van der Waals surface area contributed by atoms with E-state index in [1.807, 2.05) is 0 Å². The maximum atomic E-state index is 13.5. The first-order chi connectivity index (χ1) is 8.82. The summed E-state index contributed by atoms with van der Waals surface area (Å²) in [5.74, 6) is -1.60. The monoisotopic (exact) mass is 291 g/mol. The van der Waals surface area contributed by atoms with Crippen LogP contribution >= 0.6 is 11.8 Å². The van der Waals surface area contributed by atoms with E-state index in [-0.39, 0.29) is 22.8 Å². The van der Waals surface area contributed by atoms with Crippen molar-refractivity contribution in [3.05, 3.63) is 29.3 Å². The van der Waals surface area contributed by atoms with Crippen LogP contribution in [0.4, 0.5) is 14.5 Å². The number of hydrogen-bond acceptors (Lipinski definition) is 5. The number of aliphatic hydroxyl groups is 2. The average molecular weight is 291 g/mol. The fourth-order valence-corrected chi connectivity index (χ4v) is 2.15. The average Bonchev–Trinajstić information content (AvgIpc) is 2.32. The fourth-order valence-electron chi connectivity index (χ4n) is 1.50. The van der Waals surface area contributed by atoms with E-state index in [0.717, 1.165) is 17.8 Å². The molecule has 1 aromatic carbocycles. The molecule has 2 atom stereocenters. The number of halogens is 2. The molecule has 106 valence electrons. The highest BCUT2D eigenvalue weighted by atomic mass is 32.2. The third kappa shape index (κ3) is 4.45. The first-order valence-electron chi connectivity index (χ1n) is 5.56. The van der Waals surface area contributed by atoms with Crippen molar-refractivity contribution >= 4 is 22.6 Å². The van der Waals surface area contributed by atoms with Crippen LogP contribution in [-0.2, 0) is 4.79 Å². The summed E-state index contributed by atoms with van der Waals surface area (Å²) in [6.07, 6.45) is -2.68. The number of anilines is 1. The number of carbonyl (C=O) groups excluding carboxylic acids is 1. The van der Waals surface area contributed by atoms with Crippen LogP contribution in [0.1, 0.15) is 25.0 Å². The van der Waals surface area contributed by atoms with Gasteiger partial charge in [-0.05, 0) is 12.5 Å². The zero-order valence-corrected chi connectivity index (χ0v) is 11.1. The van der Waals surface area contributed by atoms with Crippen molar-refractivity contribution in [2.45, 2.75) is 25.6 Å². The van der Waals surface area contributed by atoms with Gasteiger partial charge in [0.25, 0.3) is 0 Å². The lowest BCUT2D eigenvalue weighted by Crippen LogP contribution is -2.20. The first kappa shape index (κ1) is 15.9. The van der Waals surface area contributed by atoms with Crippen molar-refractivity contribution in [2.24, 2.45) is 0 Å². The molecule has 0 bridgehead atoms. The lowest BCUT2D eigenvalue weighted by atomic mass is 10.0. The number of thioether (sulfide) groups is 1. The minimum absolute atomic E-state index is 0.0993. The highest BCUT2D eigenvalue weighted by molar-refractivity contribution is 8.13. The molecule has 1 aromatic rings. The zero-order valence-electron chi connectivity index (χ0n) is 10.3. The number of hydrogen-bond donors (Lipinski definition) is 3. The van der Waals surface area contributed by atoms with Gasteiger partial charge >= 0.3 is 0 Å². The molecule has 1 rings (SSSR count). The molecule has 0 saturated heterocycles. The summed E-state index contributed by atoms with van der Waals surface area (Å²) in [4.78, 5) is 10.7. The Morgan fingerprint density at radius 3 is 2.58 bits per heavy atom. The molecule has 0 aliphatic rings. The molecule has 0 aliphatic heterocycles. The third-order valence-electron chi connectivity index (χ3n) is 2.52. The molecular weight excluding hydrogens is 276 g/mol. The number of benzene rings is 1. The van der Waals surface area contributed by atoms with Gasteiger partial charge in [-0.1, -0.05) is 11.8 Å². The fraction of sp³-hybridized carbons (Fsp3) is 0.417. The molecule has 19 heavy (non-hydrogen) atoms. The number of nitrogens with two attached hydrogens (primary N) is 1. The molecule has 7 heteroatoms. The number of aliphatic hydroxyl groups excluding tert-OH is 2. The summed E-state index contributed by atoms with van der Waals surface area (Å²) >= 11 is 0.994. The summed E-state index contributed by atoms with van der Waals surface area (Å²) in [6.45, 7) is 1.38. The molecule has 2 unspecified atom stereocenters. The Morgan fingerprint density at radius 2 is 2.00 bits per heavy atom. The van der Waals surface area contributed by atoms with Crippen molar-refractivity contribution in [2.75, 3.05) is 11.5 Å². The van der Waals surface area contributed by atoms with Gasteiger partial charge in [-0.25, -0.2) is 8.78 Å². The van der Waals surface area contributed by atoms with Gasteiger partial charge in [0.1, 0.15) is 17.7 Å². The lowest BCUT2D eigenvalue weighted by Gasteiger charge is -2.18. The van der Waals surface area contributed by atoms with Gasteiger partial charge < -0.3 is 15.9 Å². The largest absolute Gasteiger partial charge is 0.396 e. The molecule has 0 heterocycles. The molecule has 0 amide bonds. The Bertz CT molecular complexity index is 471. The van der Waals surface area contributed by atoms with Crippen molar-refractivity contribution in [3.63, 3.8) is 0 Å². The Morgan fingerprint density at radius 1 is 1.37 bits per heavy atom. The quantitative estimate of drug-likeness (QED) is 0.718. The Hall–Kier alpha value is -1.18. The molecule has 4 nitrogen and oxygen atoms in total. The third-order valence-corrected chi connectivity index (χ3v) is 3.36. The van der Waals surface area contributed by atoms with Gasteiger partial charge in [-0.15, -0.1) is 0 Å². The van der Waals surface area contributed by atoms with Crippen LogP contribution in [-0.4, -0.2) is 27.2 Å². The maximum absolute atomic E-state index is 13.5. The minimum atomic E-state index is -1.52. The van der Waals surface area contributed by atoms with Crippen LogP contribution in [0, 0.1) is 11.6 Å². The summed E-state index contributed by atoms with van der Waals surface area (Å²) in [5, 5.41) is 19.4. The summed E-state index contributed by atoms with van der Waals surface area (Å²) in [7, 11) is 0. The van der Waals surface area contributed by atoms with E-state index < -0.39 is 23.8 Å². The molecule has 4 N–H and O–H groups in total. The van der Waals surface area contributed by atoms with E-state index in [1.165, 1.54) is 6.92 Å². The summed E-state index contributed by atoms with van der Waals surface area (Å²) in [6, 6.07) is 1.52. The SMILES string of the molecule is CC(=O)SCCC(O)C(O)c1cc(N)c(F)cc1F. The van der Waals surface area contributed by atoms with Crippen molar-refractivity contribution in [1.82, 2.24) is 0 Å². The predicted molar refractivity (Wildman–Crippen MR) is 69.5 cm³/mol. The Labute approximate surface area is 113 Å². The van der Waals surface area contributed by atoms with Crippen LogP contribution in [0.3, 0.4) is 0 Å². The molecule has 0 saturated carbocycles. The Kier molecular flexibility index (Phi) is 5.71. The van der Waals surface area contributed by atoms with E-state index in [9.17, 15) is 23.8 Å². The molecule has 0 spiro atoms. The normalized spacial score (nSPS) is 14.2. The maximum Gasteiger partial charge on any atom is 0.185 e. The second-order valence-corrected chi connectivity index (χ2v) is 5.31. The topological polar surface area (TPSA) is 83.5 Å². The van der Waals surface area contributed by atoms with Crippen LogP contribution in [0.5, 0.6) is 0 Å². The van der Waals surface area contributed by atoms with Gasteiger partial charge in [0.15, 0.2) is 5.12 Å². The second-order valence-electron chi connectivity index (χ2n) is 4.04. The number of carbonyl (C=O) groups is 1. The molecule has 0 radical (unpaired) electrons. The molecule has 0 aromatic heterocycles. The highest BCUT2D eigenvalue weighted by Gasteiger charge is 2.23. The summed E-state index contributed by atoms with van der Waals surface area (Å²) < 4.78 is 26.4. The van der Waals surface area contributed by atoms with Crippen LogP contribution in [0.15, 0.2) is 12.1 Å². The number of nitrogen functional groups attached to an aromatic ring is 1. The zero-order chi connectivity index (χ0) is 14.6. The second kappa shape index (κ2) is 6.83. The van der Waals surface area contributed by atoms with Gasteiger partial charge in [0.2, 0.25) is 0 Å². The summed E-state index contributed by atoms with van der Waals surface area (Å²) in [5.41, 5.74) is 4.71. The lowest BCUT2D eigenvalue weighted by molar-refractivity contribution is -0.109. The minimum Gasteiger partial charge on any atom is -0.396 e. The van der Waals surface area contributed by atoms with Crippen LogP contribution < -0.4 is 5.73 Å². The Balaban J connectivity index is 2.73. The van der Waals surface area contributed by atoms with Crippen molar-refractivity contribution < 1.29 is 23.8 Å². The van der Waals surface area contributed by atoms with Crippen LogP contribution in [0.25, 0.3) is 0 Å². The van der Waals surface area contributed by atoms with Gasteiger partial charge in [0.05, 0.1) is 11.8 Å². The molecule has 0 fully saturated rings. The molecular formula is C12H15F2NO3S. The predicted octanol–water partition coefficient (Wildman–Crippen LogP) is 1.61. The van der Waals surface area contributed by atoms with Crippen molar-refractivity contribution in [3.8, 4) is 0 Å². The number of rotatable bonds is 5.